The Kier molecular flexibility index (Phi) is 5.98. The summed E-state index contributed by atoms with van der Waals surface area (Å²) in [6, 6.07) is 41.3. The highest BCUT2D eigenvalue weighted by Gasteiger charge is 2.35. The third-order valence-electron chi connectivity index (χ3n) is 9.84. The van der Waals surface area contributed by atoms with E-state index in [4.69, 9.17) is 14.4 Å². The number of benzene rings is 5. The second kappa shape index (κ2) is 10.3. The fourth-order valence-electron chi connectivity index (χ4n) is 7.33. The summed E-state index contributed by atoms with van der Waals surface area (Å²) in [4.78, 5) is 10.1. The summed E-state index contributed by atoms with van der Waals surface area (Å²) in [5, 5.41) is 1.01. The number of allylic oxidation sites excluding steroid dienone is 4. The molecule has 3 nitrogen and oxygen atoms in total. The first-order chi connectivity index (χ1) is 22.5. The maximum absolute atomic E-state index is 6.49. The Morgan fingerprint density at radius 1 is 0.630 bits per heavy atom. The highest BCUT2D eigenvalue weighted by atomic mass is 16.3. The SMILES string of the molecule is CC1(C)c2ccccc2-c2ccc(-c3ccc(-c4ccc5oc6c(C7C=CC=CC7)nc(-c7ccccc7)nc6c5c4)cc3)cc21. The molecule has 0 radical (unpaired) electrons. The number of aromatic nitrogens is 2. The Morgan fingerprint density at radius 2 is 1.33 bits per heavy atom. The van der Waals surface area contributed by atoms with Gasteiger partial charge in [0.1, 0.15) is 11.1 Å². The van der Waals surface area contributed by atoms with Crippen molar-refractivity contribution >= 4 is 22.1 Å². The first-order valence-electron chi connectivity index (χ1n) is 16.0. The molecule has 2 aromatic heterocycles. The Morgan fingerprint density at radius 3 is 2.11 bits per heavy atom. The molecule has 0 saturated carbocycles. The van der Waals surface area contributed by atoms with Crippen molar-refractivity contribution in [3.8, 4) is 44.8 Å². The van der Waals surface area contributed by atoms with Gasteiger partial charge in [0.05, 0.1) is 5.69 Å². The number of hydrogen-bond acceptors (Lipinski definition) is 3. The van der Waals surface area contributed by atoms with Gasteiger partial charge in [0.25, 0.3) is 0 Å². The predicted octanol–water partition coefficient (Wildman–Crippen LogP) is 11.3. The molecule has 220 valence electrons. The van der Waals surface area contributed by atoms with Crippen LogP contribution in [0.5, 0.6) is 0 Å². The van der Waals surface area contributed by atoms with Crippen molar-refractivity contribution in [3.05, 3.63) is 156 Å². The van der Waals surface area contributed by atoms with Crippen molar-refractivity contribution in [2.75, 3.05) is 0 Å². The molecule has 2 aliphatic rings. The summed E-state index contributed by atoms with van der Waals surface area (Å²) in [5.74, 6) is 0.869. The van der Waals surface area contributed by atoms with Gasteiger partial charge in [-0.1, -0.05) is 135 Å². The Labute approximate surface area is 268 Å². The third-order valence-corrected chi connectivity index (χ3v) is 9.84. The highest BCUT2D eigenvalue weighted by Crippen LogP contribution is 2.49. The third kappa shape index (κ3) is 4.19. The van der Waals surface area contributed by atoms with Crippen LogP contribution in [0.15, 0.2) is 144 Å². The minimum Gasteiger partial charge on any atom is -0.452 e. The summed E-state index contributed by atoms with van der Waals surface area (Å²) in [7, 11) is 0. The fraction of sp³-hybridized carbons (Fsp3) is 0.116. The van der Waals surface area contributed by atoms with Gasteiger partial charge in [0.2, 0.25) is 0 Å². The molecule has 2 aliphatic carbocycles. The van der Waals surface area contributed by atoms with Gasteiger partial charge in [-0.2, -0.15) is 0 Å². The van der Waals surface area contributed by atoms with Crippen LogP contribution in [0.4, 0.5) is 0 Å². The van der Waals surface area contributed by atoms with E-state index in [1.165, 1.54) is 33.4 Å². The van der Waals surface area contributed by atoms with Crippen molar-refractivity contribution < 1.29 is 4.42 Å². The maximum Gasteiger partial charge on any atom is 0.176 e. The van der Waals surface area contributed by atoms with Crippen LogP contribution in [0.2, 0.25) is 0 Å². The molecule has 46 heavy (non-hydrogen) atoms. The van der Waals surface area contributed by atoms with E-state index in [9.17, 15) is 0 Å². The molecule has 0 fully saturated rings. The zero-order valence-electron chi connectivity index (χ0n) is 25.9. The lowest BCUT2D eigenvalue weighted by atomic mass is 9.81. The molecule has 2 heterocycles. The summed E-state index contributed by atoms with van der Waals surface area (Å²) >= 11 is 0. The summed E-state index contributed by atoms with van der Waals surface area (Å²) < 4.78 is 6.49. The molecule has 0 spiro atoms. The van der Waals surface area contributed by atoms with Crippen molar-refractivity contribution in [1.82, 2.24) is 9.97 Å². The van der Waals surface area contributed by atoms with E-state index in [1.54, 1.807) is 0 Å². The van der Waals surface area contributed by atoms with E-state index in [0.29, 0.717) is 0 Å². The van der Waals surface area contributed by atoms with Crippen molar-refractivity contribution in [3.63, 3.8) is 0 Å². The van der Waals surface area contributed by atoms with Gasteiger partial charge < -0.3 is 4.42 Å². The first-order valence-corrected chi connectivity index (χ1v) is 16.0. The molecule has 0 N–H and O–H groups in total. The largest absolute Gasteiger partial charge is 0.452 e. The fourth-order valence-corrected chi connectivity index (χ4v) is 7.33. The number of nitrogens with zero attached hydrogens (tertiary/aromatic N) is 2. The monoisotopic (exact) mass is 592 g/mol. The molecule has 3 heteroatoms. The van der Waals surface area contributed by atoms with Gasteiger partial charge in [-0.15, -0.1) is 0 Å². The molecule has 9 rings (SSSR count). The lowest BCUT2D eigenvalue weighted by Gasteiger charge is -2.22. The summed E-state index contributed by atoms with van der Waals surface area (Å²) in [6.07, 6.45) is 9.47. The molecule has 5 aromatic carbocycles. The van der Waals surface area contributed by atoms with Crippen LogP contribution in [-0.2, 0) is 5.41 Å². The Hall–Kier alpha value is -5.54. The number of furan rings is 1. The van der Waals surface area contributed by atoms with Gasteiger partial charge in [-0.05, 0) is 69.1 Å². The van der Waals surface area contributed by atoms with E-state index in [2.05, 4.69) is 135 Å². The standard InChI is InChI=1S/C43H32N2O/c1-43(2)36-16-10-9-15-33(36)34-23-21-32(26-37(34)43)28-19-17-27(18-20-28)31-22-24-38-35(25-31)40-41(46-38)39(29-11-5-3-6-12-29)44-42(45-40)30-13-7-4-8-14-30/h3-11,13-26,29H,12H2,1-2H3. The van der Waals surface area contributed by atoms with Crippen molar-refractivity contribution in [1.29, 1.82) is 0 Å². The lowest BCUT2D eigenvalue weighted by Crippen LogP contribution is -2.14. The molecule has 1 unspecified atom stereocenters. The lowest BCUT2D eigenvalue weighted by molar-refractivity contribution is 0.649. The van der Waals surface area contributed by atoms with Crippen LogP contribution in [0.3, 0.4) is 0 Å². The van der Waals surface area contributed by atoms with Crippen LogP contribution in [-0.4, -0.2) is 9.97 Å². The first kappa shape index (κ1) is 26.8. The van der Waals surface area contributed by atoms with E-state index in [0.717, 1.165) is 56.7 Å². The van der Waals surface area contributed by atoms with E-state index >= 15 is 0 Å². The zero-order chi connectivity index (χ0) is 30.8. The van der Waals surface area contributed by atoms with Crippen LogP contribution in [0, 0.1) is 0 Å². The smallest absolute Gasteiger partial charge is 0.176 e. The molecule has 7 aromatic rings. The predicted molar refractivity (Wildman–Crippen MR) is 189 cm³/mol. The second-order valence-corrected chi connectivity index (χ2v) is 13.0. The van der Waals surface area contributed by atoms with Gasteiger partial charge in [0, 0.05) is 22.3 Å². The molecule has 0 aliphatic heterocycles. The zero-order valence-corrected chi connectivity index (χ0v) is 25.9. The van der Waals surface area contributed by atoms with Crippen LogP contribution >= 0.6 is 0 Å². The van der Waals surface area contributed by atoms with Gasteiger partial charge >= 0.3 is 0 Å². The average Bonchev–Trinajstić information content (AvgIpc) is 3.60. The van der Waals surface area contributed by atoms with Crippen LogP contribution < -0.4 is 0 Å². The second-order valence-electron chi connectivity index (χ2n) is 13.0. The molecule has 1 atom stereocenters. The quantitative estimate of drug-likeness (QED) is 0.204. The summed E-state index contributed by atoms with van der Waals surface area (Å²) in [5.41, 5.74) is 14.6. The Bertz CT molecular complexity index is 2360. The van der Waals surface area contributed by atoms with E-state index < -0.39 is 0 Å². The number of fused-ring (bicyclic) bond motifs is 6. The molecule has 0 saturated heterocycles. The highest BCUT2D eigenvalue weighted by molar-refractivity contribution is 6.05. The molecule has 0 amide bonds. The molecular formula is C43H32N2O. The summed E-state index contributed by atoms with van der Waals surface area (Å²) in [6.45, 7) is 4.67. The Balaban J connectivity index is 1.11. The van der Waals surface area contributed by atoms with Crippen molar-refractivity contribution in [2.24, 2.45) is 0 Å². The van der Waals surface area contributed by atoms with Gasteiger partial charge in [-0.3, -0.25) is 0 Å². The van der Waals surface area contributed by atoms with Gasteiger partial charge in [0.15, 0.2) is 11.4 Å². The number of rotatable bonds is 4. The molecular weight excluding hydrogens is 560 g/mol. The topological polar surface area (TPSA) is 38.9 Å². The van der Waals surface area contributed by atoms with Gasteiger partial charge in [-0.25, -0.2) is 9.97 Å². The minimum absolute atomic E-state index is 0.0154. The average molecular weight is 593 g/mol. The minimum atomic E-state index is -0.0154. The van der Waals surface area contributed by atoms with E-state index in [1.807, 2.05) is 18.2 Å². The maximum atomic E-state index is 6.49. The normalized spacial score (nSPS) is 16.2. The van der Waals surface area contributed by atoms with Crippen LogP contribution in [0.25, 0.3) is 66.8 Å². The number of hydrogen-bond donors (Lipinski definition) is 0. The van der Waals surface area contributed by atoms with E-state index in [-0.39, 0.29) is 11.3 Å². The molecule has 0 bridgehead atoms. The van der Waals surface area contributed by atoms with Crippen molar-refractivity contribution in [2.45, 2.75) is 31.6 Å². The van der Waals surface area contributed by atoms with Crippen LogP contribution in [0.1, 0.15) is 43.0 Å².